The number of nitrogens with one attached hydrogen (secondary N) is 1. The summed E-state index contributed by atoms with van der Waals surface area (Å²) in [5.41, 5.74) is 0. The number of carbonyl (C=O) groups excluding carboxylic acids is 2. The number of hydrogen-bond donors (Lipinski definition) is 3. The van der Waals surface area contributed by atoms with Crippen molar-refractivity contribution in [2.24, 2.45) is 0 Å². The molecule has 0 saturated carbocycles. The molecular formula is C69H131NO5. The predicted octanol–water partition coefficient (Wildman–Crippen LogP) is 21.5. The first-order chi connectivity index (χ1) is 37.0. The van der Waals surface area contributed by atoms with E-state index in [0.717, 1.165) is 51.4 Å². The van der Waals surface area contributed by atoms with Crippen LogP contribution in [0, 0.1) is 0 Å². The monoisotopic (exact) mass is 1050 g/mol. The summed E-state index contributed by atoms with van der Waals surface area (Å²) in [5, 5.41) is 23.0. The van der Waals surface area contributed by atoms with Gasteiger partial charge in [0, 0.05) is 12.8 Å². The lowest BCUT2D eigenvalue weighted by Gasteiger charge is -2.20. The van der Waals surface area contributed by atoms with Crippen molar-refractivity contribution in [3.05, 3.63) is 36.5 Å². The van der Waals surface area contributed by atoms with Gasteiger partial charge in [0.15, 0.2) is 0 Å². The number of hydrogen-bond acceptors (Lipinski definition) is 5. The highest BCUT2D eigenvalue weighted by Gasteiger charge is 2.18. The summed E-state index contributed by atoms with van der Waals surface area (Å²) >= 11 is 0. The summed E-state index contributed by atoms with van der Waals surface area (Å²) in [7, 11) is 0. The van der Waals surface area contributed by atoms with Crippen LogP contribution in [0.15, 0.2) is 36.5 Å². The molecule has 0 heterocycles. The average Bonchev–Trinajstić information content (AvgIpc) is 3.41. The Bertz CT molecular complexity index is 1210. The molecule has 0 bridgehead atoms. The van der Waals surface area contributed by atoms with Gasteiger partial charge in [-0.2, -0.15) is 0 Å². The highest BCUT2D eigenvalue weighted by atomic mass is 16.5. The van der Waals surface area contributed by atoms with Gasteiger partial charge >= 0.3 is 5.97 Å². The summed E-state index contributed by atoms with van der Waals surface area (Å²) in [4.78, 5) is 24.5. The number of aliphatic hydroxyl groups is 2. The van der Waals surface area contributed by atoms with Gasteiger partial charge in [0.1, 0.15) is 0 Å². The zero-order chi connectivity index (χ0) is 54.3. The molecule has 442 valence electrons. The smallest absolute Gasteiger partial charge is 0.305 e. The van der Waals surface area contributed by atoms with Crippen LogP contribution in [0.2, 0.25) is 0 Å². The summed E-state index contributed by atoms with van der Waals surface area (Å²) in [6, 6.07) is -0.623. The molecule has 0 saturated heterocycles. The molecule has 1 amide bonds. The standard InChI is InChI=1S/C69H131NO5/c1-3-5-7-9-11-13-15-16-17-32-36-39-43-47-51-55-59-63-69(74)75-64-60-56-52-48-44-40-37-34-31-29-27-25-23-21-19-18-20-22-24-26-28-30-33-35-38-42-46-50-54-58-62-68(73)70-66(65-71)67(72)61-57-53-49-45-41-14-12-10-8-6-4-2/h11,13,16-17,57,61,66-67,71-72H,3-10,12,14-15,18-56,58-60,62-65H2,1-2H3,(H,70,73)/b13-11-,17-16-,61-57+. The van der Waals surface area contributed by atoms with Crippen LogP contribution in [0.25, 0.3) is 0 Å². The minimum absolute atomic E-state index is 0.0121. The SMILES string of the molecule is CCCCC/C=C\C/C=C\CCCCCCCCCC(=O)OCCCCCCCCCCCCCCCCCCCCCCCCCCCCCCCCC(=O)NC(CO)C(O)/C=C/CCCCCCCCCCC. The van der Waals surface area contributed by atoms with Crippen molar-refractivity contribution in [2.75, 3.05) is 13.2 Å². The Morgan fingerprint density at radius 3 is 1.04 bits per heavy atom. The second-order valence-corrected chi connectivity index (χ2v) is 23.2. The Hall–Kier alpha value is -1.92. The fraction of sp³-hybridized carbons (Fsp3) is 0.884. The Labute approximate surface area is 468 Å². The summed E-state index contributed by atoms with van der Waals surface area (Å²) in [6.45, 7) is 4.88. The molecule has 0 fully saturated rings. The van der Waals surface area contributed by atoms with Gasteiger partial charge in [-0.3, -0.25) is 9.59 Å². The van der Waals surface area contributed by atoms with Crippen LogP contribution in [0.4, 0.5) is 0 Å². The van der Waals surface area contributed by atoms with Crippen LogP contribution < -0.4 is 5.32 Å². The number of allylic oxidation sites excluding steroid dienone is 5. The zero-order valence-electron chi connectivity index (χ0n) is 50.5. The fourth-order valence-electron chi connectivity index (χ4n) is 10.5. The summed E-state index contributed by atoms with van der Waals surface area (Å²) < 4.78 is 5.50. The van der Waals surface area contributed by atoms with Gasteiger partial charge in [0.05, 0.1) is 25.4 Å². The van der Waals surface area contributed by atoms with Crippen LogP contribution in [-0.4, -0.2) is 47.4 Å². The zero-order valence-corrected chi connectivity index (χ0v) is 50.5. The first kappa shape index (κ1) is 73.1. The molecule has 0 aromatic rings. The van der Waals surface area contributed by atoms with Gasteiger partial charge < -0.3 is 20.3 Å². The molecule has 75 heavy (non-hydrogen) atoms. The lowest BCUT2D eigenvalue weighted by atomic mass is 10.0. The van der Waals surface area contributed by atoms with E-state index in [1.165, 1.54) is 289 Å². The molecule has 0 aromatic heterocycles. The number of carbonyl (C=O) groups is 2. The van der Waals surface area contributed by atoms with E-state index >= 15 is 0 Å². The second kappa shape index (κ2) is 64.6. The van der Waals surface area contributed by atoms with Crippen LogP contribution in [-0.2, 0) is 14.3 Å². The van der Waals surface area contributed by atoms with Crippen LogP contribution in [0.3, 0.4) is 0 Å². The maximum atomic E-state index is 12.4. The molecule has 3 N–H and O–H groups in total. The molecule has 2 atom stereocenters. The van der Waals surface area contributed by atoms with Crippen molar-refractivity contribution in [3.63, 3.8) is 0 Å². The quantitative estimate of drug-likeness (QED) is 0.0320. The molecule has 0 aliphatic rings. The molecule has 0 rings (SSSR count). The minimum atomic E-state index is -0.840. The lowest BCUT2D eigenvalue weighted by Crippen LogP contribution is -2.45. The van der Waals surface area contributed by atoms with Gasteiger partial charge in [-0.1, -0.05) is 326 Å². The molecular weight excluding hydrogens is 923 g/mol. The van der Waals surface area contributed by atoms with E-state index in [4.69, 9.17) is 4.74 Å². The highest BCUT2D eigenvalue weighted by Crippen LogP contribution is 2.18. The van der Waals surface area contributed by atoms with E-state index in [0.29, 0.717) is 19.4 Å². The maximum absolute atomic E-state index is 12.4. The van der Waals surface area contributed by atoms with Crippen molar-refractivity contribution in [1.29, 1.82) is 0 Å². The molecule has 0 spiro atoms. The Morgan fingerprint density at radius 2 is 0.667 bits per heavy atom. The first-order valence-electron chi connectivity index (χ1n) is 33.8. The van der Waals surface area contributed by atoms with Gasteiger partial charge in [0.2, 0.25) is 5.91 Å². The number of rotatable bonds is 63. The van der Waals surface area contributed by atoms with Gasteiger partial charge in [-0.05, 0) is 64.2 Å². The number of ether oxygens (including phenoxy) is 1. The minimum Gasteiger partial charge on any atom is -0.466 e. The maximum Gasteiger partial charge on any atom is 0.305 e. The molecule has 0 aliphatic carbocycles. The second-order valence-electron chi connectivity index (χ2n) is 23.2. The number of esters is 1. The predicted molar refractivity (Wildman–Crippen MR) is 329 cm³/mol. The molecule has 0 aliphatic heterocycles. The van der Waals surface area contributed by atoms with Crippen molar-refractivity contribution in [3.8, 4) is 0 Å². The van der Waals surface area contributed by atoms with Crippen LogP contribution in [0.1, 0.15) is 367 Å². The number of amides is 1. The number of unbranched alkanes of at least 4 members (excludes halogenated alkanes) is 48. The lowest BCUT2D eigenvalue weighted by molar-refractivity contribution is -0.143. The van der Waals surface area contributed by atoms with E-state index in [1.807, 2.05) is 6.08 Å². The highest BCUT2D eigenvalue weighted by molar-refractivity contribution is 5.76. The van der Waals surface area contributed by atoms with Gasteiger partial charge in [0.25, 0.3) is 0 Å². The van der Waals surface area contributed by atoms with Crippen molar-refractivity contribution < 1.29 is 24.5 Å². The topological polar surface area (TPSA) is 95.9 Å². The molecule has 0 aromatic carbocycles. The Kier molecular flexibility index (Phi) is 63.0. The average molecular weight is 1050 g/mol. The summed E-state index contributed by atoms with van der Waals surface area (Å²) in [5.74, 6) is -0.0521. The van der Waals surface area contributed by atoms with Gasteiger partial charge in [-0.15, -0.1) is 0 Å². The third-order valence-corrected chi connectivity index (χ3v) is 15.7. The van der Waals surface area contributed by atoms with Crippen molar-refractivity contribution in [1.82, 2.24) is 5.32 Å². The van der Waals surface area contributed by atoms with E-state index in [9.17, 15) is 19.8 Å². The van der Waals surface area contributed by atoms with Crippen molar-refractivity contribution in [2.45, 2.75) is 379 Å². The van der Waals surface area contributed by atoms with Crippen LogP contribution >= 0.6 is 0 Å². The number of aliphatic hydroxyl groups excluding tert-OH is 2. The van der Waals surface area contributed by atoms with Crippen molar-refractivity contribution >= 4 is 11.9 Å². The molecule has 6 nitrogen and oxygen atoms in total. The van der Waals surface area contributed by atoms with E-state index in [2.05, 4.69) is 43.5 Å². The van der Waals surface area contributed by atoms with E-state index in [1.54, 1.807) is 6.08 Å². The Morgan fingerprint density at radius 1 is 0.373 bits per heavy atom. The summed E-state index contributed by atoms with van der Waals surface area (Å²) in [6.07, 6.45) is 82.2. The normalized spacial score (nSPS) is 12.7. The third kappa shape index (κ3) is 61.2. The van der Waals surface area contributed by atoms with Gasteiger partial charge in [-0.25, -0.2) is 0 Å². The Balaban J connectivity index is 3.32. The van der Waals surface area contributed by atoms with E-state index in [-0.39, 0.29) is 18.5 Å². The largest absolute Gasteiger partial charge is 0.466 e. The first-order valence-corrected chi connectivity index (χ1v) is 33.8. The van der Waals surface area contributed by atoms with E-state index < -0.39 is 12.1 Å². The van der Waals surface area contributed by atoms with Crippen LogP contribution in [0.5, 0.6) is 0 Å². The molecule has 0 radical (unpaired) electrons. The fourth-order valence-corrected chi connectivity index (χ4v) is 10.5. The molecule has 2 unspecified atom stereocenters. The molecule has 6 heteroatoms. The third-order valence-electron chi connectivity index (χ3n) is 15.7.